The van der Waals surface area contributed by atoms with Crippen LogP contribution in [0.1, 0.15) is 29.9 Å². The number of nitro groups is 1. The van der Waals surface area contributed by atoms with E-state index in [1.54, 1.807) is 0 Å². The molecule has 3 rings (SSSR count). The summed E-state index contributed by atoms with van der Waals surface area (Å²) >= 11 is 7.09. The molecule has 0 aliphatic carbocycles. The van der Waals surface area contributed by atoms with Gasteiger partial charge in [-0.1, -0.05) is 11.6 Å². The molecule has 0 bridgehead atoms. The van der Waals surface area contributed by atoms with Crippen molar-refractivity contribution < 1.29 is 14.5 Å². The van der Waals surface area contributed by atoms with Gasteiger partial charge in [-0.05, 0) is 26.0 Å². The maximum atomic E-state index is 12.3. The molecule has 10 heteroatoms. The van der Waals surface area contributed by atoms with Gasteiger partial charge in [-0.3, -0.25) is 25.1 Å². The number of halogens is 1. The molecule has 1 fully saturated rings. The Bertz CT molecular complexity index is 849. The topological polar surface area (TPSA) is 97.6 Å². The van der Waals surface area contributed by atoms with Crippen molar-refractivity contribution in [3.8, 4) is 0 Å². The monoisotopic (exact) mass is 410 g/mol. The number of aromatic nitrogens is 1. The normalized spacial score (nSPS) is 20.4. The third-order valence-electron chi connectivity index (χ3n) is 4.06. The summed E-state index contributed by atoms with van der Waals surface area (Å²) in [6, 6.07) is 3.93. The van der Waals surface area contributed by atoms with Gasteiger partial charge < -0.3 is 4.74 Å². The van der Waals surface area contributed by atoms with Crippen molar-refractivity contribution in [1.29, 1.82) is 0 Å². The lowest BCUT2D eigenvalue weighted by molar-refractivity contribution is -0.384. The van der Waals surface area contributed by atoms with Crippen LogP contribution in [0.4, 0.5) is 10.8 Å². The fraction of sp³-hybridized carbons (Fsp3) is 0.412. The van der Waals surface area contributed by atoms with Gasteiger partial charge in [0.25, 0.3) is 11.6 Å². The highest BCUT2D eigenvalue weighted by Gasteiger charge is 2.23. The van der Waals surface area contributed by atoms with Crippen LogP contribution < -0.4 is 5.32 Å². The molecule has 27 heavy (non-hydrogen) atoms. The zero-order chi connectivity index (χ0) is 19.6. The van der Waals surface area contributed by atoms with Crippen molar-refractivity contribution in [3.63, 3.8) is 0 Å². The van der Waals surface area contributed by atoms with E-state index in [0.717, 1.165) is 24.8 Å². The number of nitrogens with zero attached hydrogens (tertiary/aromatic N) is 3. The summed E-state index contributed by atoms with van der Waals surface area (Å²) in [6.07, 6.45) is 0.347. The Hall–Kier alpha value is -2.07. The van der Waals surface area contributed by atoms with E-state index >= 15 is 0 Å². The van der Waals surface area contributed by atoms with Crippen LogP contribution in [0.25, 0.3) is 0 Å². The van der Waals surface area contributed by atoms with Gasteiger partial charge in [-0.25, -0.2) is 4.98 Å². The number of nitro benzene ring substituents is 1. The molecule has 0 spiro atoms. The SMILES string of the molecule is C[C@H]1CN(Cc2csc(NC(=O)c3ccc(Cl)c([N+](=O)[O-])c3)n2)C[C@H](C)O1. The Kier molecular flexibility index (Phi) is 6.05. The smallest absolute Gasteiger partial charge is 0.288 e. The number of carbonyl (C=O) groups excluding carboxylic acids is 1. The van der Waals surface area contributed by atoms with E-state index in [1.165, 1.54) is 23.5 Å². The second-order valence-corrected chi connectivity index (χ2v) is 7.74. The first-order valence-electron chi connectivity index (χ1n) is 8.39. The number of thiazole rings is 1. The number of morpholine rings is 1. The lowest BCUT2D eigenvalue weighted by Gasteiger charge is -2.34. The average molecular weight is 411 g/mol. The van der Waals surface area contributed by atoms with Gasteiger partial charge in [-0.2, -0.15) is 0 Å². The van der Waals surface area contributed by atoms with Gasteiger partial charge in [0.05, 0.1) is 22.8 Å². The van der Waals surface area contributed by atoms with Crippen LogP contribution in [0.5, 0.6) is 0 Å². The fourth-order valence-corrected chi connectivity index (χ4v) is 3.93. The summed E-state index contributed by atoms with van der Waals surface area (Å²) in [5, 5.41) is 16.0. The minimum atomic E-state index is -0.620. The van der Waals surface area contributed by atoms with Gasteiger partial charge >= 0.3 is 0 Å². The number of anilines is 1. The summed E-state index contributed by atoms with van der Waals surface area (Å²) in [5.41, 5.74) is 0.706. The molecule has 1 saturated heterocycles. The van der Waals surface area contributed by atoms with E-state index < -0.39 is 10.8 Å². The van der Waals surface area contributed by atoms with Crippen molar-refractivity contribution in [1.82, 2.24) is 9.88 Å². The van der Waals surface area contributed by atoms with Gasteiger partial charge in [0.15, 0.2) is 5.13 Å². The largest absolute Gasteiger partial charge is 0.373 e. The summed E-state index contributed by atoms with van der Waals surface area (Å²) in [5.74, 6) is -0.468. The highest BCUT2D eigenvalue weighted by Crippen LogP contribution is 2.26. The Morgan fingerprint density at radius 2 is 2.15 bits per heavy atom. The molecular formula is C17H19ClN4O4S. The van der Waals surface area contributed by atoms with Gasteiger partial charge in [0.2, 0.25) is 0 Å². The molecule has 2 atom stereocenters. The fourth-order valence-electron chi connectivity index (χ4n) is 3.04. The Morgan fingerprint density at radius 3 is 2.81 bits per heavy atom. The van der Waals surface area contributed by atoms with E-state index in [-0.39, 0.29) is 28.5 Å². The third kappa shape index (κ3) is 5.01. The summed E-state index contributed by atoms with van der Waals surface area (Å²) in [6.45, 7) is 6.42. The van der Waals surface area contributed by atoms with Crippen LogP contribution in [0.3, 0.4) is 0 Å². The number of hydrogen-bond acceptors (Lipinski definition) is 7. The van der Waals surface area contributed by atoms with Gasteiger partial charge in [-0.15, -0.1) is 11.3 Å². The predicted octanol–water partition coefficient (Wildman–Crippen LogP) is 3.57. The molecular weight excluding hydrogens is 392 g/mol. The highest BCUT2D eigenvalue weighted by molar-refractivity contribution is 7.14. The second-order valence-electron chi connectivity index (χ2n) is 6.47. The molecule has 0 unspecified atom stereocenters. The average Bonchev–Trinajstić information content (AvgIpc) is 3.00. The van der Waals surface area contributed by atoms with Gasteiger partial charge in [0.1, 0.15) is 5.02 Å². The molecule has 1 aliphatic heterocycles. The Balaban J connectivity index is 1.64. The summed E-state index contributed by atoms with van der Waals surface area (Å²) < 4.78 is 5.72. The zero-order valence-corrected chi connectivity index (χ0v) is 16.4. The lowest BCUT2D eigenvalue weighted by atomic mass is 10.2. The Labute approximate surface area is 165 Å². The third-order valence-corrected chi connectivity index (χ3v) is 5.18. The van der Waals surface area contributed by atoms with Crippen molar-refractivity contribution in [2.24, 2.45) is 0 Å². The van der Waals surface area contributed by atoms with Gasteiger partial charge in [0, 0.05) is 36.6 Å². The van der Waals surface area contributed by atoms with Crippen molar-refractivity contribution in [2.75, 3.05) is 18.4 Å². The lowest BCUT2D eigenvalue weighted by Crippen LogP contribution is -2.44. The van der Waals surface area contributed by atoms with Crippen LogP contribution in [0.15, 0.2) is 23.6 Å². The first kappa shape index (κ1) is 19.7. The molecule has 2 aromatic rings. The number of benzene rings is 1. The number of carbonyl (C=O) groups is 1. The zero-order valence-electron chi connectivity index (χ0n) is 14.8. The number of rotatable bonds is 5. The molecule has 1 aliphatic rings. The molecule has 1 amide bonds. The van der Waals surface area contributed by atoms with Crippen LogP contribution >= 0.6 is 22.9 Å². The predicted molar refractivity (Wildman–Crippen MR) is 103 cm³/mol. The van der Waals surface area contributed by atoms with Crippen LogP contribution in [0, 0.1) is 10.1 Å². The van der Waals surface area contributed by atoms with Crippen LogP contribution in [0.2, 0.25) is 5.02 Å². The van der Waals surface area contributed by atoms with Crippen molar-refractivity contribution in [2.45, 2.75) is 32.6 Å². The maximum absolute atomic E-state index is 12.3. The number of ether oxygens (including phenoxy) is 1. The molecule has 1 aromatic heterocycles. The van der Waals surface area contributed by atoms with Crippen molar-refractivity contribution >= 4 is 39.7 Å². The van der Waals surface area contributed by atoms with E-state index in [1.807, 2.05) is 19.2 Å². The number of hydrogen-bond donors (Lipinski definition) is 1. The van der Waals surface area contributed by atoms with Crippen molar-refractivity contribution in [3.05, 3.63) is 50.0 Å². The summed E-state index contributed by atoms with van der Waals surface area (Å²) in [4.78, 5) is 29.4. The quantitative estimate of drug-likeness (QED) is 0.597. The highest BCUT2D eigenvalue weighted by atomic mass is 35.5. The minimum absolute atomic E-state index is 0.0120. The molecule has 2 heterocycles. The molecule has 1 N–H and O–H groups in total. The molecule has 1 aromatic carbocycles. The summed E-state index contributed by atoms with van der Waals surface area (Å²) in [7, 11) is 0. The molecule has 8 nitrogen and oxygen atoms in total. The maximum Gasteiger partial charge on any atom is 0.288 e. The Morgan fingerprint density at radius 1 is 1.44 bits per heavy atom. The van der Waals surface area contributed by atoms with E-state index in [4.69, 9.17) is 16.3 Å². The first-order chi connectivity index (χ1) is 12.8. The molecule has 0 radical (unpaired) electrons. The number of nitrogens with one attached hydrogen (secondary N) is 1. The second kappa shape index (κ2) is 8.30. The standard InChI is InChI=1S/C17H19ClN4O4S/c1-10-6-21(7-11(2)26-10)8-13-9-27-17(19-13)20-16(23)12-3-4-14(18)15(5-12)22(24)25/h3-5,9-11H,6-8H2,1-2H3,(H,19,20,23)/t10-,11-/m0/s1. The van der Waals surface area contributed by atoms with E-state index in [0.29, 0.717) is 11.7 Å². The van der Waals surface area contributed by atoms with Crippen LogP contribution in [-0.4, -0.2) is 46.0 Å². The molecule has 144 valence electrons. The number of amides is 1. The van der Waals surface area contributed by atoms with E-state index in [9.17, 15) is 14.9 Å². The van der Waals surface area contributed by atoms with Crippen LogP contribution in [-0.2, 0) is 11.3 Å². The first-order valence-corrected chi connectivity index (χ1v) is 9.65. The molecule has 0 saturated carbocycles. The van der Waals surface area contributed by atoms with E-state index in [2.05, 4.69) is 15.2 Å². The minimum Gasteiger partial charge on any atom is -0.373 e.